The summed E-state index contributed by atoms with van der Waals surface area (Å²) in [6.07, 6.45) is 3.53. The Morgan fingerprint density at radius 3 is 2.53 bits per heavy atom. The second-order valence-electron chi connectivity index (χ2n) is 12.8. The van der Waals surface area contributed by atoms with Crippen LogP contribution < -0.4 is 15.4 Å². The zero-order valence-corrected chi connectivity index (χ0v) is 27.3. The Morgan fingerprint density at radius 1 is 1.02 bits per heavy atom. The third-order valence-corrected chi connectivity index (χ3v) is 8.36. The van der Waals surface area contributed by atoms with Crippen molar-refractivity contribution in [1.29, 1.82) is 0 Å². The smallest absolute Gasteiger partial charge is 0.261 e. The number of rotatable bonds is 11. The first kappa shape index (κ1) is 32.1. The van der Waals surface area contributed by atoms with Crippen molar-refractivity contribution in [3.63, 3.8) is 0 Å². The topological polar surface area (TPSA) is 101 Å². The maximum absolute atomic E-state index is 13.6. The van der Waals surface area contributed by atoms with Gasteiger partial charge in [0.25, 0.3) is 5.56 Å². The van der Waals surface area contributed by atoms with Crippen molar-refractivity contribution in [2.45, 2.75) is 60.9 Å². The molecule has 1 aliphatic rings. The molecule has 0 bridgehead atoms. The highest BCUT2D eigenvalue weighted by Gasteiger charge is 2.45. The van der Waals surface area contributed by atoms with E-state index in [1.165, 1.54) is 0 Å². The number of methoxy groups -OCH3 is 1. The van der Waals surface area contributed by atoms with E-state index in [0.717, 1.165) is 22.5 Å². The van der Waals surface area contributed by atoms with Gasteiger partial charge in [0.15, 0.2) is 0 Å². The summed E-state index contributed by atoms with van der Waals surface area (Å²) < 4.78 is 12.8. The van der Waals surface area contributed by atoms with Gasteiger partial charge in [-0.05, 0) is 68.1 Å². The summed E-state index contributed by atoms with van der Waals surface area (Å²) in [7, 11) is 3.39. The van der Waals surface area contributed by atoms with Crippen LogP contribution >= 0.6 is 0 Å². The summed E-state index contributed by atoms with van der Waals surface area (Å²) >= 11 is 0. The first-order chi connectivity index (χ1) is 21.4. The van der Waals surface area contributed by atoms with E-state index in [2.05, 4.69) is 23.7 Å². The first-order valence-corrected chi connectivity index (χ1v) is 15.4. The molecule has 0 radical (unpaired) electrons. The maximum Gasteiger partial charge on any atom is 0.261 e. The highest BCUT2D eigenvalue weighted by Crippen LogP contribution is 2.39. The Labute approximate surface area is 264 Å². The van der Waals surface area contributed by atoms with Gasteiger partial charge in [0.1, 0.15) is 16.8 Å². The van der Waals surface area contributed by atoms with Gasteiger partial charge < -0.3 is 23.5 Å². The summed E-state index contributed by atoms with van der Waals surface area (Å²) in [4.78, 5) is 50.6. The lowest BCUT2D eigenvalue weighted by Crippen LogP contribution is -2.48. The third kappa shape index (κ3) is 6.57. The van der Waals surface area contributed by atoms with Crippen molar-refractivity contribution >= 4 is 34.2 Å². The van der Waals surface area contributed by atoms with Crippen LogP contribution in [0.1, 0.15) is 50.3 Å². The van der Waals surface area contributed by atoms with Crippen molar-refractivity contribution in [2.24, 2.45) is 11.3 Å². The quantitative estimate of drug-likeness (QED) is 0.216. The van der Waals surface area contributed by atoms with E-state index in [0.29, 0.717) is 61.7 Å². The van der Waals surface area contributed by atoms with Crippen LogP contribution in [0.25, 0.3) is 11.0 Å². The molecule has 10 nitrogen and oxygen atoms in total. The number of ether oxygens (including phenoxy) is 1. The normalized spacial score (nSPS) is 15.0. The minimum absolute atomic E-state index is 0.0894. The third-order valence-electron chi connectivity index (χ3n) is 8.36. The number of aromatic nitrogens is 2. The fraction of sp³-hybridized carbons (Fsp3) is 0.429. The number of hydrogen-bond acceptors (Lipinski definition) is 7. The van der Waals surface area contributed by atoms with Gasteiger partial charge in [0.05, 0.1) is 29.1 Å². The second kappa shape index (κ2) is 13.0. The van der Waals surface area contributed by atoms with Gasteiger partial charge in [0, 0.05) is 59.3 Å². The van der Waals surface area contributed by atoms with Crippen LogP contribution in [-0.2, 0) is 40.6 Å². The van der Waals surface area contributed by atoms with Crippen LogP contribution in [0.3, 0.4) is 0 Å². The summed E-state index contributed by atoms with van der Waals surface area (Å²) in [5.74, 6) is 0.490. The number of carbonyl (C=O) groups is 2. The number of benzene rings is 1. The molecule has 3 aromatic heterocycles. The van der Waals surface area contributed by atoms with Gasteiger partial charge in [-0.2, -0.15) is 0 Å². The van der Waals surface area contributed by atoms with Gasteiger partial charge in [0.2, 0.25) is 11.8 Å². The molecular weight excluding hydrogens is 570 g/mol. The Kier molecular flexibility index (Phi) is 9.27. The molecule has 0 saturated carbocycles. The standard InChI is InChI=1S/C35H43N5O5/c1-23(2)19-40-29-11-10-25(18-30(29)37(6)33(42)35(4,5)34(40)43)20-38(21-26-9-8-13-36-28(26)22-44-7)15-16-39-14-12-31-27(32(39)41)17-24(3)45-31/h8-14,17-18,23H,15-16,19-22H2,1-7H3. The number of fused-ring (bicyclic) bond motifs is 2. The summed E-state index contributed by atoms with van der Waals surface area (Å²) in [5.41, 5.74) is 3.62. The van der Waals surface area contributed by atoms with Crippen LogP contribution in [-0.4, -0.2) is 53.5 Å². The average molecular weight is 614 g/mol. The maximum atomic E-state index is 13.6. The van der Waals surface area contributed by atoms with E-state index in [9.17, 15) is 14.4 Å². The molecule has 238 valence electrons. The molecule has 0 atom stereocenters. The molecule has 0 unspecified atom stereocenters. The molecular formula is C35H43N5O5. The van der Waals surface area contributed by atoms with E-state index in [4.69, 9.17) is 9.15 Å². The SMILES string of the molecule is COCc1ncccc1CN(CCn1ccc2oc(C)cc2c1=O)Cc1ccc2c(c1)N(C)C(=O)C(C)(C)C(=O)N2CC(C)C. The Bertz CT molecular complexity index is 1770. The largest absolute Gasteiger partial charge is 0.461 e. The number of carbonyl (C=O) groups excluding carboxylic acids is 2. The van der Waals surface area contributed by atoms with Crippen molar-refractivity contribution in [1.82, 2.24) is 14.5 Å². The van der Waals surface area contributed by atoms with Crippen molar-refractivity contribution in [3.8, 4) is 0 Å². The molecule has 4 aromatic rings. The summed E-state index contributed by atoms with van der Waals surface area (Å²) in [6, 6.07) is 13.5. The molecule has 2 amide bonds. The van der Waals surface area contributed by atoms with Crippen molar-refractivity contribution in [2.75, 3.05) is 37.0 Å². The monoisotopic (exact) mass is 613 g/mol. The van der Waals surface area contributed by atoms with Gasteiger partial charge in [-0.15, -0.1) is 0 Å². The molecule has 0 saturated heterocycles. The Morgan fingerprint density at radius 2 is 1.80 bits per heavy atom. The van der Waals surface area contributed by atoms with Crippen LogP contribution in [0, 0.1) is 18.3 Å². The zero-order chi connectivity index (χ0) is 32.5. The number of amides is 2. The first-order valence-electron chi connectivity index (χ1n) is 15.4. The molecule has 0 fully saturated rings. The van der Waals surface area contributed by atoms with Crippen LogP contribution in [0.2, 0.25) is 0 Å². The predicted octanol–water partition coefficient (Wildman–Crippen LogP) is 5.14. The van der Waals surface area contributed by atoms with E-state index in [1.807, 2.05) is 43.3 Å². The highest BCUT2D eigenvalue weighted by molar-refractivity contribution is 6.20. The molecule has 4 heterocycles. The van der Waals surface area contributed by atoms with Gasteiger partial charge in [-0.1, -0.05) is 26.0 Å². The zero-order valence-electron chi connectivity index (χ0n) is 27.3. The molecule has 1 aromatic carbocycles. The fourth-order valence-corrected chi connectivity index (χ4v) is 6.00. The molecule has 0 N–H and O–H groups in total. The van der Waals surface area contributed by atoms with E-state index in [1.54, 1.807) is 60.8 Å². The molecule has 0 aliphatic carbocycles. The summed E-state index contributed by atoms with van der Waals surface area (Å²) in [5, 5.41) is 0.568. The number of aryl methyl sites for hydroxylation is 1. The second-order valence-corrected chi connectivity index (χ2v) is 12.8. The van der Waals surface area contributed by atoms with Crippen molar-refractivity contribution < 1.29 is 18.7 Å². The lowest BCUT2D eigenvalue weighted by atomic mass is 9.90. The molecule has 10 heteroatoms. The fourth-order valence-electron chi connectivity index (χ4n) is 6.00. The Hall–Kier alpha value is -4.28. The van der Waals surface area contributed by atoms with Gasteiger partial charge >= 0.3 is 0 Å². The van der Waals surface area contributed by atoms with E-state index >= 15 is 0 Å². The highest BCUT2D eigenvalue weighted by atomic mass is 16.5. The van der Waals surface area contributed by atoms with Gasteiger partial charge in [-0.3, -0.25) is 24.3 Å². The molecule has 1 aliphatic heterocycles. The van der Waals surface area contributed by atoms with Crippen molar-refractivity contribution in [3.05, 3.63) is 87.8 Å². The minimum Gasteiger partial charge on any atom is -0.461 e. The van der Waals surface area contributed by atoms with Crippen LogP contribution in [0.4, 0.5) is 11.4 Å². The number of anilines is 2. The molecule has 45 heavy (non-hydrogen) atoms. The van der Waals surface area contributed by atoms with Crippen LogP contribution in [0.5, 0.6) is 0 Å². The van der Waals surface area contributed by atoms with E-state index < -0.39 is 5.41 Å². The summed E-state index contributed by atoms with van der Waals surface area (Å²) in [6.45, 7) is 12.4. The Balaban J connectivity index is 1.49. The average Bonchev–Trinajstić information content (AvgIpc) is 3.38. The van der Waals surface area contributed by atoms with Gasteiger partial charge in [-0.25, -0.2) is 0 Å². The number of furan rings is 1. The minimum atomic E-state index is -1.19. The lowest BCUT2D eigenvalue weighted by molar-refractivity contribution is -0.137. The number of pyridine rings is 2. The lowest BCUT2D eigenvalue weighted by Gasteiger charge is -2.29. The van der Waals surface area contributed by atoms with Crippen LogP contribution in [0.15, 0.2) is 64.1 Å². The molecule has 5 rings (SSSR count). The van der Waals surface area contributed by atoms with E-state index in [-0.39, 0.29) is 23.3 Å². The number of hydrogen-bond donors (Lipinski definition) is 0. The molecule has 0 spiro atoms. The predicted molar refractivity (Wildman–Crippen MR) is 175 cm³/mol. The number of nitrogens with zero attached hydrogens (tertiary/aromatic N) is 5.